The highest BCUT2D eigenvalue weighted by Gasteiger charge is 2.22. The van der Waals surface area contributed by atoms with Crippen LogP contribution in [0.1, 0.15) is 40.5 Å². The zero-order valence-electron chi connectivity index (χ0n) is 12.1. The van der Waals surface area contributed by atoms with E-state index in [0.717, 1.165) is 0 Å². The topological polar surface area (TPSA) is 111 Å². The van der Waals surface area contributed by atoms with Crippen molar-refractivity contribution >= 4 is 19.5 Å². The zero-order chi connectivity index (χ0) is 15.8. The monoisotopic (exact) mass is 311 g/mol. The van der Waals surface area contributed by atoms with Gasteiger partial charge in [-0.2, -0.15) is 0 Å². The maximum Gasteiger partial charge on any atom is 0.474 e. The van der Waals surface area contributed by atoms with E-state index in [2.05, 4.69) is 13.9 Å². The average Bonchev–Trinajstić information content (AvgIpc) is 2.29. The normalized spacial score (nSPS) is 14.3. The molecule has 0 aliphatic carbocycles. The highest BCUT2D eigenvalue weighted by molar-refractivity contribution is 7.47. The molecule has 1 amide bonds. The second kappa shape index (κ2) is 9.20. The Morgan fingerprint density at radius 2 is 1.80 bits per heavy atom. The summed E-state index contributed by atoms with van der Waals surface area (Å²) in [6.45, 7) is 6.00. The van der Waals surface area contributed by atoms with E-state index in [4.69, 9.17) is 4.89 Å². The molecule has 118 valence electrons. The van der Waals surface area contributed by atoms with E-state index in [1.165, 1.54) is 0 Å². The predicted octanol–water partition coefficient (Wildman–Crippen LogP) is 1.54. The molecule has 0 radical (unpaired) electrons. The average molecular weight is 311 g/mol. The number of amides is 1. The van der Waals surface area contributed by atoms with Gasteiger partial charge in [-0.15, -0.1) is 0 Å². The first-order chi connectivity index (χ1) is 9.14. The third-order valence-electron chi connectivity index (χ3n) is 2.05. The first-order valence-corrected chi connectivity index (χ1v) is 7.72. The second-order valence-electron chi connectivity index (χ2n) is 4.66. The Balaban J connectivity index is 3.77. The van der Waals surface area contributed by atoms with Crippen LogP contribution in [0.25, 0.3) is 0 Å². The van der Waals surface area contributed by atoms with Gasteiger partial charge in [-0.3, -0.25) is 18.6 Å². The fraction of sp³-hybridized carbons (Fsp3) is 0.818. The van der Waals surface area contributed by atoms with Crippen LogP contribution in [0, 0.1) is 5.92 Å². The summed E-state index contributed by atoms with van der Waals surface area (Å²) in [6.07, 6.45) is -0.388. The molecule has 0 aliphatic heterocycles. The fourth-order valence-corrected chi connectivity index (χ4v) is 1.86. The Kier molecular flexibility index (Phi) is 8.84. The molecule has 0 heterocycles. The highest BCUT2D eigenvalue weighted by atomic mass is 31.2. The number of carbonyl (C=O) groups is 2. The van der Waals surface area contributed by atoms with E-state index < -0.39 is 26.6 Å². The molecule has 1 atom stereocenters. The van der Waals surface area contributed by atoms with Crippen LogP contribution < -0.4 is 5.48 Å². The van der Waals surface area contributed by atoms with E-state index in [1.807, 2.05) is 5.48 Å². The van der Waals surface area contributed by atoms with Gasteiger partial charge in [0.25, 0.3) is 0 Å². The van der Waals surface area contributed by atoms with Crippen LogP contribution in [0.5, 0.6) is 0 Å². The van der Waals surface area contributed by atoms with Crippen molar-refractivity contribution in [2.24, 2.45) is 5.92 Å². The van der Waals surface area contributed by atoms with Crippen molar-refractivity contribution in [1.29, 1.82) is 0 Å². The molecule has 9 heteroatoms. The molecule has 8 nitrogen and oxygen atoms in total. The van der Waals surface area contributed by atoms with Gasteiger partial charge in [0.05, 0.1) is 6.10 Å². The van der Waals surface area contributed by atoms with Gasteiger partial charge in [-0.05, 0) is 13.8 Å². The van der Waals surface area contributed by atoms with E-state index in [1.54, 1.807) is 27.7 Å². The predicted molar refractivity (Wildman–Crippen MR) is 70.3 cm³/mol. The Morgan fingerprint density at radius 3 is 2.30 bits per heavy atom. The third kappa shape index (κ3) is 10.1. The van der Waals surface area contributed by atoms with Gasteiger partial charge in [-0.1, -0.05) is 13.8 Å². The largest absolute Gasteiger partial charge is 0.474 e. The molecule has 0 aromatic heterocycles. The second-order valence-corrected chi connectivity index (χ2v) is 6.07. The van der Waals surface area contributed by atoms with Gasteiger partial charge < -0.3 is 4.89 Å². The Labute approximate surface area is 118 Å². The fourth-order valence-electron chi connectivity index (χ4n) is 1.08. The van der Waals surface area contributed by atoms with Crippen LogP contribution in [0.3, 0.4) is 0 Å². The van der Waals surface area contributed by atoms with Gasteiger partial charge in [0.15, 0.2) is 6.79 Å². The standard InChI is InChI=1S/C11H22NO7P/c1-8(2)10(13)5-6-11(14)12-17-7-18-20(15,16)19-9(3)4/h8-9H,5-7H2,1-4H3,(H,12,14)(H,15,16). The van der Waals surface area contributed by atoms with Gasteiger partial charge in [-0.25, -0.2) is 14.9 Å². The third-order valence-corrected chi connectivity index (χ3v) is 3.17. The van der Waals surface area contributed by atoms with Crippen molar-refractivity contribution in [3.63, 3.8) is 0 Å². The van der Waals surface area contributed by atoms with Crippen molar-refractivity contribution in [3.8, 4) is 0 Å². The lowest BCUT2D eigenvalue weighted by atomic mass is 10.0. The smallest absolute Gasteiger partial charge is 0.302 e. The number of phosphoric ester groups is 1. The quantitative estimate of drug-likeness (QED) is 0.272. The van der Waals surface area contributed by atoms with Crippen LogP contribution in [0.2, 0.25) is 0 Å². The molecule has 20 heavy (non-hydrogen) atoms. The molecule has 1 unspecified atom stereocenters. The molecule has 0 bridgehead atoms. The number of rotatable bonds is 10. The van der Waals surface area contributed by atoms with Crippen LogP contribution in [0.15, 0.2) is 0 Å². The van der Waals surface area contributed by atoms with E-state index in [0.29, 0.717) is 0 Å². The first-order valence-electron chi connectivity index (χ1n) is 6.23. The maximum atomic E-state index is 11.3. The molecule has 0 aliphatic rings. The number of ketones is 1. The Morgan fingerprint density at radius 1 is 1.20 bits per heavy atom. The van der Waals surface area contributed by atoms with E-state index in [-0.39, 0.29) is 24.5 Å². The summed E-state index contributed by atoms with van der Waals surface area (Å²) in [4.78, 5) is 36.3. The maximum absolute atomic E-state index is 11.3. The Hall–Kier alpha value is -0.790. The number of hydrogen-bond acceptors (Lipinski definition) is 6. The van der Waals surface area contributed by atoms with Crippen molar-refractivity contribution in [1.82, 2.24) is 5.48 Å². The molecule has 0 aromatic carbocycles. The summed E-state index contributed by atoms with van der Waals surface area (Å²) in [6, 6.07) is 0. The van der Waals surface area contributed by atoms with Crippen LogP contribution in [-0.2, 0) is 28.0 Å². The number of phosphoric acid groups is 1. The van der Waals surface area contributed by atoms with Crippen molar-refractivity contribution in [2.75, 3.05) is 6.79 Å². The summed E-state index contributed by atoms with van der Waals surface area (Å²) >= 11 is 0. The lowest BCUT2D eigenvalue weighted by molar-refractivity contribution is -0.142. The van der Waals surface area contributed by atoms with Crippen molar-refractivity contribution in [3.05, 3.63) is 0 Å². The van der Waals surface area contributed by atoms with Gasteiger partial charge >= 0.3 is 7.82 Å². The Bertz CT molecular complexity index is 370. The summed E-state index contributed by atoms with van der Waals surface area (Å²) in [5.74, 6) is -0.665. The van der Waals surface area contributed by atoms with E-state index in [9.17, 15) is 14.2 Å². The summed E-state index contributed by atoms with van der Waals surface area (Å²) in [5, 5.41) is 0. The number of nitrogens with one attached hydrogen (secondary N) is 1. The molecule has 0 saturated heterocycles. The van der Waals surface area contributed by atoms with Crippen LogP contribution >= 0.6 is 7.82 Å². The van der Waals surface area contributed by atoms with Gasteiger partial charge in [0.1, 0.15) is 5.78 Å². The summed E-state index contributed by atoms with van der Waals surface area (Å²) < 4.78 is 20.3. The van der Waals surface area contributed by atoms with Crippen molar-refractivity contribution < 1.29 is 32.9 Å². The number of hydroxylamine groups is 1. The number of Topliss-reactive ketones (excluding diaryl/α,β-unsaturated/α-hetero) is 1. The van der Waals surface area contributed by atoms with Gasteiger partial charge in [0, 0.05) is 18.8 Å². The van der Waals surface area contributed by atoms with Gasteiger partial charge in [0.2, 0.25) is 5.91 Å². The lowest BCUT2D eigenvalue weighted by Gasteiger charge is -2.14. The zero-order valence-corrected chi connectivity index (χ0v) is 13.0. The minimum absolute atomic E-state index is 0.0176. The molecule has 0 fully saturated rings. The molecule has 0 aromatic rings. The summed E-state index contributed by atoms with van der Waals surface area (Å²) in [5.41, 5.74) is 2.00. The number of hydrogen-bond donors (Lipinski definition) is 2. The molecule has 0 rings (SSSR count). The SMILES string of the molecule is CC(C)OP(=O)(O)OCONC(=O)CCC(=O)C(C)C. The summed E-state index contributed by atoms with van der Waals surface area (Å²) in [7, 11) is -4.18. The van der Waals surface area contributed by atoms with Crippen LogP contribution in [0.4, 0.5) is 0 Å². The van der Waals surface area contributed by atoms with Crippen LogP contribution in [-0.4, -0.2) is 29.5 Å². The molecular formula is C11H22NO7P. The van der Waals surface area contributed by atoms with Crippen molar-refractivity contribution in [2.45, 2.75) is 46.6 Å². The molecule has 0 saturated carbocycles. The first kappa shape index (κ1) is 19.2. The number of carbonyl (C=O) groups excluding carboxylic acids is 2. The molecule has 2 N–H and O–H groups in total. The lowest BCUT2D eigenvalue weighted by Crippen LogP contribution is -2.25. The van der Waals surface area contributed by atoms with E-state index >= 15 is 0 Å². The molecular weight excluding hydrogens is 289 g/mol. The minimum atomic E-state index is -4.18. The minimum Gasteiger partial charge on any atom is -0.302 e. The highest BCUT2D eigenvalue weighted by Crippen LogP contribution is 2.44. The molecule has 0 spiro atoms.